The Hall–Kier alpha value is -1.89. The van der Waals surface area contributed by atoms with Crippen molar-refractivity contribution in [2.75, 3.05) is 11.4 Å². The molecule has 1 fully saturated rings. The molecule has 0 amide bonds. The number of halogens is 2. The molecule has 1 aromatic carbocycles. The zero-order valence-corrected chi connectivity index (χ0v) is 11.3. The molecule has 1 aliphatic heterocycles. The van der Waals surface area contributed by atoms with Gasteiger partial charge in [0.25, 0.3) is 5.69 Å². The number of rotatable bonds is 3. The van der Waals surface area contributed by atoms with Gasteiger partial charge in [0.2, 0.25) is 0 Å². The van der Waals surface area contributed by atoms with Crippen molar-refractivity contribution in [1.29, 1.82) is 0 Å². The Bertz CT molecular complexity index is 581. The van der Waals surface area contributed by atoms with Crippen LogP contribution in [0.5, 0.6) is 0 Å². The molecule has 2 unspecified atom stereocenters. The summed E-state index contributed by atoms with van der Waals surface area (Å²) < 4.78 is 13.4. The van der Waals surface area contributed by atoms with Gasteiger partial charge in [0.15, 0.2) is 0 Å². The van der Waals surface area contributed by atoms with Crippen molar-refractivity contribution >= 4 is 28.9 Å². The summed E-state index contributed by atoms with van der Waals surface area (Å²) in [4.78, 5) is 23.0. The van der Waals surface area contributed by atoms with Gasteiger partial charge in [0.1, 0.15) is 11.5 Å². The van der Waals surface area contributed by atoms with Crippen molar-refractivity contribution in [3.05, 3.63) is 33.1 Å². The monoisotopic (exact) mass is 302 g/mol. The number of anilines is 1. The van der Waals surface area contributed by atoms with E-state index in [1.165, 1.54) is 6.07 Å². The summed E-state index contributed by atoms with van der Waals surface area (Å²) in [7, 11) is 0. The van der Waals surface area contributed by atoms with Crippen molar-refractivity contribution < 1.29 is 19.2 Å². The van der Waals surface area contributed by atoms with Crippen LogP contribution in [-0.2, 0) is 4.79 Å². The third-order valence-corrected chi connectivity index (χ3v) is 3.89. The Labute approximate surface area is 118 Å². The quantitative estimate of drug-likeness (QED) is 0.685. The largest absolute Gasteiger partial charge is 0.481 e. The first-order valence-electron chi connectivity index (χ1n) is 5.95. The second kappa shape index (κ2) is 5.24. The fourth-order valence-corrected chi connectivity index (χ4v) is 2.67. The topological polar surface area (TPSA) is 83.7 Å². The highest BCUT2D eigenvalue weighted by atomic mass is 35.5. The van der Waals surface area contributed by atoms with Crippen LogP contribution in [0, 0.1) is 21.8 Å². The lowest BCUT2D eigenvalue weighted by molar-refractivity contribution is -0.384. The van der Waals surface area contributed by atoms with E-state index in [0.717, 1.165) is 6.07 Å². The standard InChI is InChI=1S/C12H12ClFN2O4/c1-6-7(12(17)18)2-3-15(6)10-4-8(13)9(14)5-11(10)16(19)20/h4-7H,2-3H2,1H3,(H,17,18). The molecular formula is C12H12ClFN2O4. The molecule has 1 heterocycles. The SMILES string of the molecule is CC1C(C(=O)O)CCN1c1cc(Cl)c(F)cc1[N+](=O)[O-]. The van der Waals surface area contributed by atoms with Crippen LogP contribution in [0.4, 0.5) is 15.8 Å². The Kier molecular flexibility index (Phi) is 3.80. The van der Waals surface area contributed by atoms with E-state index in [1.807, 2.05) is 0 Å². The molecule has 0 bridgehead atoms. The van der Waals surface area contributed by atoms with Gasteiger partial charge in [-0.25, -0.2) is 4.39 Å². The lowest BCUT2D eigenvalue weighted by Crippen LogP contribution is -2.33. The number of hydrogen-bond donors (Lipinski definition) is 1. The number of nitrogens with zero attached hydrogens (tertiary/aromatic N) is 2. The van der Waals surface area contributed by atoms with E-state index >= 15 is 0 Å². The summed E-state index contributed by atoms with van der Waals surface area (Å²) >= 11 is 5.67. The second-order valence-electron chi connectivity index (χ2n) is 4.68. The maximum absolute atomic E-state index is 13.4. The molecule has 2 rings (SSSR count). The first-order chi connectivity index (χ1) is 9.32. The average Bonchev–Trinajstić information content (AvgIpc) is 2.73. The van der Waals surface area contributed by atoms with Crippen molar-refractivity contribution in [3.63, 3.8) is 0 Å². The second-order valence-corrected chi connectivity index (χ2v) is 5.09. The summed E-state index contributed by atoms with van der Waals surface area (Å²) in [6.07, 6.45) is 0.378. The summed E-state index contributed by atoms with van der Waals surface area (Å²) in [6, 6.07) is 1.52. The van der Waals surface area contributed by atoms with Crippen LogP contribution in [0.3, 0.4) is 0 Å². The smallest absolute Gasteiger partial charge is 0.308 e. The van der Waals surface area contributed by atoms with Crippen LogP contribution in [0.25, 0.3) is 0 Å². The summed E-state index contributed by atoms with van der Waals surface area (Å²) in [5.41, 5.74) is -0.262. The van der Waals surface area contributed by atoms with Gasteiger partial charge in [0.05, 0.1) is 21.9 Å². The first kappa shape index (κ1) is 14.5. The maximum Gasteiger partial charge on any atom is 0.308 e. The van der Waals surface area contributed by atoms with Crippen LogP contribution in [0.1, 0.15) is 13.3 Å². The average molecular weight is 303 g/mol. The van der Waals surface area contributed by atoms with Gasteiger partial charge in [-0.05, 0) is 19.4 Å². The predicted octanol–water partition coefficient (Wildman–Crippen LogP) is 2.69. The normalized spacial score (nSPS) is 22.1. The molecule has 1 saturated heterocycles. The van der Waals surface area contributed by atoms with E-state index in [1.54, 1.807) is 11.8 Å². The lowest BCUT2D eigenvalue weighted by Gasteiger charge is -2.25. The van der Waals surface area contributed by atoms with Gasteiger partial charge in [-0.2, -0.15) is 0 Å². The molecule has 6 nitrogen and oxygen atoms in total. The molecule has 20 heavy (non-hydrogen) atoms. The van der Waals surface area contributed by atoms with Crippen LogP contribution < -0.4 is 4.90 Å². The maximum atomic E-state index is 13.4. The molecule has 1 N–H and O–H groups in total. The Morgan fingerprint density at radius 2 is 2.25 bits per heavy atom. The Balaban J connectivity index is 2.45. The van der Waals surface area contributed by atoms with Gasteiger partial charge >= 0.3 is 5.97 Å². The molecule has 108 valence electrons. The van der Waals surface area contributed by atoms with Crippen LogP contribution in [0.2, 0.25) is 5.02 Å². The number of carboxylic acid groups (broad SMARTS) is 1. The first-order valence-corrected chi connectivity index (χ1v) is 6.33. The zero-order chi connectivity index (χ0) is 15.0. The Morgan fingerprint density at radius 3 is 2.75 bits per heavy atom. The van der Waals surface area contributed by atoms with Gasteiger partial charge in [-0.1, -0.05) is 11.6 Å². The molecule has 0 spiro atoms. The molecule has 0 aliphatic carbocycles. The number of nitro groups is 1. The van der Waals surface area contributed by atoms with E-state index in [2.05, 4.69) is 0 Å². The summed E-state index contributed by atoms with van der Waals surface area (Å²) in [5, 5.41) is 19.9. The molecule has 0 saturated carbocycles. The minimum absolute atomic E-state index is 0.151. The number of carbonyl (C=O) groups is 1. The molecule has 2 atom stereocenters. The molecule has 1 aliphatic rings. The molecule has 0 aromatic heterocycles. The highest BCUT2D eigenvalue weighted by Gasteiger charge is 2.38. The lowest BCUT2D eigenvalue weighted by atomic mass is 10.0. The molecule has 8 heteroatoms. The highest BCUT2D eigenvalue weighted by Crippen LogP contribution is 2.38. The van der Waals surface area contributed by atoms with Gasteiger partial charge in [0, 0.05) is 12.6 Å². The fraction of sp³-hybridized carbons (Fsp3) is 0.417. The summed E-state index contributed by atoms with van der Waals surface area (Å²) in [6.45, 7) is 2.02. The number of benzene rings is 1. The Morgan fingerprint density at radius 1 is 1.60 bits per heavy atom. The number of aliphatic carboxylic acids is 1. The number of carboxylic acids is 1. The van der Waals surface area contributed by atoms with Gasteiger partial charge < -0.3 is 10.0 Å². The fourth-order valence-electron chi connectivity index (χ4n) is 2.51. The van der Waals surface area contributed by atoms with Crippen LogP contribution >= 0.6 is 11.6 Å². The molecule has 1 aromatic rings. The van der Waals surface area contributed by atoms with Gasteiger partial charge in [-0.3, -0.25) is 14.9 Å². The minimum Gasteiger partial charge on any atom is -0.481 e. The van der Waals surface area contributed by atoms with E-state index < -0.39 is 34.4 Å². The highest BCUT2D eigenvalue weighted by molar-refractivity contribution is 6.31. The van der Waals surface area contributed by atoms with Gasteiger partial charge in [-0.15, -0.1) is 0 Å². The third kappa shape index (κ3) is 2.40. The van der Waals surface area contributed by atoms with E-state index in [-0.39, 0.29) is 10.7 Å². The minimum atomic E-state index is -0.948. The molecular weight excluding hydrogens is 291 g/mol. The van der Waals surface area contributed by atoms with Crippen molar-refractivity contribution in [1.82, 2.24) is 0 Å². The number of nitro benzene ring substituents is 1. The van der Waals surface area contributed by atoms with E-state index in [4.69, 9.17) is 16.7 Å². The van der Waals surface area contributed by atoms with Crippen molar-refractivity contribution in [2.45, 2.75) is 19.4 Å². The summed E-state index contributed by atoms with van der Waals surface area (Å²) in [5.74, 6) is -2.43. The van der Waals surface area contributed by atoms with E-state index in [9.17, 15) is 19.3 Å². The van der Waals surface area contributed by atoms with Crippen LogP contribution in [-0.4, -0.2) is 28.6 Å². The van der Waals surface area contributed by atoms with Crippen molar-refractivity contribution in [3.8, 4) is 0 Å². The molecule has 0 radical (unpaired) electrons. The predicted molar refractivity (Wildman–Crippen MR) is 70.6 cm³/mol. The zero-order valence-electron chi connectivity index (χ0n) is 10.5. The van der Waals surface area contributed by atoms with Crippen molar-refractivity contribution in [2.24, 2.45) is 5.92 Å². The number of hydrogen-bond acceptors (Lipinski definition) is 4. The third-order valence-electron chi connectivity index (χ3n) is 3.60. The van der Waals surface area contributed by atoms with E-state index in [0.29, 0.717) is 13.0 Å². The van der Waals surface area contributed by atoms with Crippen LogP contribution in [0.15, 0.2) is 12.1 Å².